The van der Waals surface area contributed by atoms with Crippen LogP contribution >= 0.6 is 0 Å². The standard InChI is InChI=1S/C11H9FN2O5S/c12-9-5-7(11(15)16)1-2-10(9)20(17,18)13-6-8-3-4-19-14-8/h1-5,13H,6H2,(H,15,16). The molecule has 0 amide bonds. The van der Waals surface area contributed by atoms with Crippen LogP contribution in [0.3, 0.4) is 0 Å². The molecule has 0 saturated heterocycles. The highest BCUT2D eigenvalue weighted by molar-refractivity contribution is 7.89. The van der Waals surface area contributed by atoms with E-state index < -0.39 is 26.7 Å². The molecule has 0 unspecified atom stereocenters. The predicted octanol–water partition coefficient (Wildman–Crippen LogP) is 0.990. The van der Waals surface area contributed by atoms with Gasteiger partial charge in [0.15, 0.2) is 0 Å². The number of carboxylic acids is 1. The number of carbonyl (C=O) groups is 1. The Morgan fingerprint density at radius 1 is 1.40 bits per heavy atom. The third-order valence-corrected chi connectivity index (χ3v) is 3.84. The van der Waals surface area contributed by atoms with Crippen molar-refractivity contribution in [2.45, 2.75) is 11.4 Å². The van der Waals surface area contributed by atoms with Crippen molar-refractivity contribution in [3.8, 4) is 0 Å². The fourth-order valence-electron chi connectivity index (χ4n) is 1.43. The summed E-state index contributed by atoms with van der Waals surface area (Å²) >= 11 is 0. The molecule has 106 valence electrons. The molecule has 0 spiro atoms. The monoisotopic (exact) mass is 300 g/mol. The third kappa shape index (κ3) is 3.00. The van der Waals surface area contributed by atoms with Gasteiger partial charge in [-0.2, -0.15) is 0 Å². The zero-order valence-corrected chi connectivity index (χ0v) is 10.7. The van der Waals surface area contributed by atoms with Crippen LogP contribution in [0.4, 0.5) is 4.39 Å². The lowest BCUT2D eigenvalue weighted by Crippen LogP contribution is -2.24. The van der Waals surface area contributed by atoms with E-state index in [9.17, 15) is 17.6 Å². The van der Waals surface area contributed by atoms with Gasteiger partial charge in [0, 0.05) is 6.07 Å². The average Bonchev–Trinajstić information content (AvgIpc) is 2.89. The number of aromatic nitrogens is 1. The summed E-state index contributed by atoms with van der Waals surface area (Å²) in [5.41, 5.74) is -0.00547. The van der Waals surface area contributed by atoms with Crippen molar-refractivity contribution in [1.82, 2.24) is 9.88 Å². The molecular weight excluding hydrogens is 291 g/mol. The van der Waals surface area contributed by atoms with Gasteiger partial charge < -0.3 is 9.63 Å². The van der Waals surface area contributed by atoms with E-state index in [1.807, 2.05) is 0 Å². The van der Waals surface area contributed by atoms with E-state index in [4.69, 9.17) is 5.11 Å². The molecule has 0 aliphatic carbocycles. The summed E-state index contributed by atoms with van der Waals surface area (Å²) in [7, 11) is -4.11. The number of carboxylic acid groups (broad SMARTS) is 1. The zero-order valence-electron chi connectivity index (χ0n) is 9.91. The van der Waals surface area contributed by atoms with Crippen LogP contribution in [0.2, 0.25) is 0 Å². The van der Waals surface area contributed by atoms with Gasteiger partial charge in [0.25, 0.3) is 0 Å². The molecule has 0 aliphatic rings. The summed E-state index contributed by atoms with van der Waals surface area (Å²) in [4.78, 5) is 10.0. The summed E-state index contributed by atoms with van der Waals surface area (Å²) < 4.78 is 44.1. The number of nitrogens with one attached hydrogen (secondary N) is 1. The Balaban J connectivity index is 2.23. The molecule has 2 rings (SSSR count). The van der Waals surface area contributed by atoms with E-state index in [1.54, 1.807) is 0 Å². The first kappa shape index (κ1) is 14.2. The summed E-state index contributed by atoms with van der Waals surface area (Å²) in [6.07, 6.45) is 1.27. The fraction of sp³-hybridized carbons (Fsp3) is 0.0909. The van der Waals surface area contributed by atoms with Gasteiger partial charge in [-0.1, -0.05) is 5.16 Å². The van der Waals surface area contributed by atoms with E-state index in [0.29, 0.717) is 11.8 Å². The predicted molar refractivity (Wildman–Crippen MR) is 63.9 cm³/mol. The largest absolute Gasteiger partial charge is 0.478 e. The molecule has 0 atom stereocenters. The second-order valence-corrected chi connectivity index (χ2v) is 5.50. The smallest absolute Gasteiger partial charge is 0.335 e. The molecule has 7 nitrogen and oxygen atoms in total. The van der Waals surface area contributed by atoms with E-state index in [1.165, 1.54) is 12.3 Å². The van der Waals surface area contributed by atoms with Gasteiger partial charge in [0.1, 0.15) is 17.0 Å². The highest BCUT2D eigenvalue weighted by Crippen LogP contribution is 2.16. The molecule has 0 bridgehead atoms. The number of aromatic carboxylic acids is 1. The Bertz CT molecular complexity index is 727. The minimum atomic E-state index is -4.11. The summed E-state index contributed by atoms with van der Waals surface area (Å²) in [6.45, 7) is -0.168. The summed E-state index contributed by atoms with van der Waals surface area (Å²) in [5.74, 6) is -2.49. The van der Waals surface area contributed by atoms with Gasteiger partial charge in [-0.25, -0.2) is 22.3 Å². The maximum absolute atomic E-state index is 13.7. The Kier molecular flexibility index (Phi) is 3.81. The molecular formula is C11H9FN2O5S. The lowest BCUT2D eigenvalue weighted by Gasteiger charge is -2.06. The quantitative estimate of drug-likeness (QED) is 0.852. The molecule has 1 aromatic heterocycles. The highest BCUT2D eigenvalue weighted by Gasteiger charge is 2.20. The second-order valence-electron chi connectivity index (χ2n) is 3.77. The SMILES string of the molecule is O=C(O)c1ccc(S(=O)(=O)NCc2ccon2)c(F)c1. The molecule has 20 heavy (non-hydrogen) atoms. The van der Waals surface area contributed by atoms with Crippen molar-refractivity contribution >= 4 is 16.0 Å². The molecule has 1 heterocycles. The average molecular weight is 300 g/mol. The number of benzene rings is 1. The van der Waals surface area contributed by atoms with Crippen molar-refractivity contribution in [2.75, 3.05) is 0 Å². The van der Waals surface area contributed by atoms with Gasteiger partial charge in [-0.3, -0.25) is 0 Å². The van der Waals surface area contributed by atoms with Gasteiger partial charge in [-0.05, 0) is 18.2 Å². The van der Waals surface area contributed by atoms with Crippen LogP contribution in [0.25, 0.3) is 0 Å². The normalized spacial score (nSPS) is 11.4. The van der Waals surface area contributed by atoms with Gasteiger partial charge in [0.05, 0.1) is 17.8 Å². The van der Waals surface area contributed by atoms with Crippen molar-refractivity contribution < 1.29 is 27.2 Å². The van der Waals surface area contributed by atoms with Crippen LogP contribution in [0.1, 0.15) is 16.1 Å². The lowest BCUT2D eigenvalue weighted by molar-refractivity contribution is 0.0696. The fourth-order valence-corrected chi connectivity index (χ4v) is 2.48. The van der Waals surface area contributed by atoms with Crippen LogP contribution in [0, 0.1) is 5.82 Å². The minimum absolute atomic E-state index is 0.168. The van der Waals surface area contributed by atoms with Crippen LogP contribution in [0.5, 0.6) is 0 Å². The van der Waals surface area contributed by atoms with Crippen LogP contribution in [-0.4, -0.2) is 24.7 Å². The molecule has 9 heteroatoms. The Morgan fingerprint density at radius 2 is 2.15 bits per heavy atom. The second kappa shape index (κ2) is 5.39. The van der Waals surface area contributed by atoms with E-state index in [2.05, 4.69) is 14.4 Å². The maximum atomic E-state index is 13.7. The number of halogens is 1. The Hall–Kier alpha value is -2.26. The zero-order chi connectivity index (χ0) is 14.8. The summed E-state index contributed by atoms with van der Waals surface area (Å²) in [5, 5.41) is 12.2. The van der Waals surface area contributed by atoms with E-state index in [0.717, 1.165) is 12.1 Å². The summed E-state index contributed by atoms with van der Waals surface area (Å²) in [6, 6.07) is 4.00. The number of hydrogen-bond donors (Lipinski definition) is 2. The first-order chi connectivity index (χ1) is 9.40. The molecule has 0 radical (unpaired) electrons. The van der Waals surface area contributed by atoms with Gasteiger partial charge in [0.2, 0.25) is 10.0 Å². The Labute approximate surface area is 113 Å². The Morgan fingerprint density at radius 3 is 2.70 bits per heavy atom. The van der Waals surface area contributed by atoms with Gasteiger partial charge >= 0.3 is 5.97 Å². The maximum Gasteiger partial charge on any atom is 0.335 e. The van der Waals surface area contributed by atoms with E-state index >= 15 is 0 Å². The van der Waals surface area contributed by atoms with Crippen molar-refractivity contribution in [3.05, 3.63) is 47.6 Å². The van der Waals surface area contributed by atoms with Crippen LogP contribution in [0.15, 0.2) is 39.9 Å². The lowest BCUT2D eigenvalue weighted by atomic mass is 10.2. The molecule has 2 aromatic rings. The number of nitrogens with zero attached hydrogens (tertiary/aromatic N) is 1. The first-order valence-corrected chi connectivity index (χ1v) is 6.80. The first-order valence-electron chi connectivity index (χ1n) is 5.32. The highest BCUT2D eigenvalue weighted by atomic mass is 32.2. The van der Waals surface area contributed by atoms with Crippen molar-refractivity contribution in [2.24, 2.45) is 0 Å². The minimum Gasteiger partial charge on any atom is -0.478 e. The molecule has 1 aromatic carbocycles. The molecule has 0 saturated carbocycles. The van der Waals surface area contributed by atoms with Crippen LogP contribution in [-0.2, 0) is 16.6 Å². The van der Waals surface area contributed by atoms with E-state index in [-0.39, 0.29) is 12.1 Å². The number of rotatable bonds is 5. The third-order valence-electron chi connectivity index (χ3n) is 2.40. The van der Waals surface area contributed by atoms with Crippen molar-refractivity contribution in [1.29, 1.82) is 0 Å². The molecule has 0 aliphatic heterocycles. The topological polar surface area (TPSA) is 110 Å². The van der Waals surface area contributed by atoms with Crippen LogP contribution < -0.4 is 4.72 Å². The molecule has 0 fully saturated rings. The number of sulfonamides is 1. The number of hydrogen-bond acceptors (Lipinski definition) is 5. The molecule has 2 N–H and O–H groups in total. The van der Waals surface area contributed by atoms with Crippen molar-refractivity contribution in [3.63, 3.8) is 0 Å². The van der Waals surface area contributed by atoms with Gasteiger partial charge in [-0.15, -0.1) is 0 Å².